The van der Waals surface area contributed by atoms with Crippen LogP contribution >= 0.6 is 0 Å². The van der Waals surface area contributed by atoms with E-state index in [9.17, 15) is 0 Å². The maximum Gasteiger partial charge on any atom is 0.0858 e. The predicted octanol–water partition coefficient (Wildman–Crippen LogP) is 5.79. The summed E-state index contributed by atoms with van der Waals surface area (Å²) in [5, 5.41) is 8.60. The standard InChI is InChI=1S/C19H23N3/c1-16-6-8-17(9-7-16)20-21-18-10-12-19(13-11-18)22-14-4-2-3-5-15-22/h6-13H,2-5,14-15H2,1H3. The molecule has 1 fully saturated rings. The van der Waals surface area contributed by atoms with Crippen LogP contribution in [0.5, 0.6) is 0 Å². The second-order valence-corrected chi connectivity index (χ2v) is 5.95. The van der Waals surface area contributed by atoms with E-state index in [0.717, 1.165) is 11.4 Å². The molecular formula is C19H23N3. The molecule has 0 atom stereocenters. The van der Waals surface area contributed by atoms with Gasteiger partial charge in [0.05, 0.1) is 11.4 Å². The van der Waals surface area contributed by atoms with Gasteiger partial charge in [-0.1, -0.05) is 30.5 Å². The average Bonchev–Trinajstić information content (AvgIpc) is 2.84. The number of nitrogens with zero attached hydrogens (tertiary/aromatic N) is 3. The van der Waals surface area contributed by atoms with Gasteiger partial charge in [-0.15, -0.1) is 0 Å². The second kappa shape index (κ2) is 7.21. The molecule has 22 heavy (non-hydrogen) atoms. The topological polar surface area (TPSA) is 28.0 Å². The molecular weight excluding hydrogens is 270 g/mol. The third-order valence-corrected chi connectivity index (χ3v) is 4.14. The fraction of sp³-hybridized carbons (Fsp3) is 0.368. The quantitative estimate of drug-likeness (QED) is 0.658. The van der Waals surface area contributed by atoms with Crippen molar-refractivity contribution in [1.82, 2.24) is 0 Å². The van der Waals surface area contributed by atoms with Crippen molar-refractivity contribution in [2.75, 3.05) is 18.0 Å². The molecule has 0 spiro atoms. The molecule has 1 aliphatic rings. The minimum absolute atomic E-state index is 0.891. The molecule has 1 saturated heterocycles. The number of anilines is 1. The Hall–Kier alpha value is -2.16. The molecule has 0 N–H and O–H groups in total. The van der Waals surface area contributed by atoms with Gasteiger partial charge >= 0.3 is 0 Å². The fourth-order valence-electron chi connectivity index (χ4n) is 2.79. The van der Waals surface area contributed by atoms with Gasteiger partial charge in [-0.25, -0.2) is 0 Å². The highest BCUT2D eigenvalue weighted by atomic mass is 15.1. The van der Waals surface area contributed by atoms with E-state index in [1.54, 1.807) is 0 Å². The van der Waals surface area contributed by atoms with Gasteiger partial charge in [0.25, 0.3) is 0 Å². The van der Waals surface area contributed by atoms with E-state index in [1.807, 2.05) is 12.1 Å². The van der Waals surface area contributed by atoms with Crippen molar-refractivity contribution in [1.29, 1.82) is 0 Å². The van der Waals surface area contributed by atoms with Gasteiger partial charge in [0.15, 0.2) is 0 Å². The summed E-state index contributed by atoms with van der Waals surface area (Å²) in [6.45, 7) is 4.41. The number of hydrogen-bond donors (Lipinski definition) is 0. The van der Waals surface area contributed by atoms with E-state index in [0.29, 0.717) is 0 Å². The molecule has 3 rings (SSSR count). The van der Waals surface area contributed by atoms with Crippen LogP contribution in [0.3, 0.4) is 0 Å². The maximum absolute atomic E-state index is 4.32. The summed E-state index contributed by atoms with van der Waals surface area (Å²) < 4.78 is 0. The highest BCUT2D eigenvalue weighted by Crippen LogP contribution is 2.24. The fourth-order valence-corrected chi connectivity index (χ4v) is 2.79. The average molecular weight is 293 g/mol. The Morgan fingerprint density at radius 2 is 1.18 bits per heavy atom. The molecule has 0 aromatic heterocycles. The first kappa shape index (κ1) is 14.8. The third-order valence-electron chi connectivity index (χ3n) is 4.14. The summed E-state index contributed by atoms with van der Waals surface area (Å²) in [6, 6.07) is 16.5. The number of benzene rings is 2. The minimum Gasteiger partial charge on any atom is -0.372 e. The number of hydrogen-bond acceptors (Lipinski definition) is 3. The van der Waals surface area contributed by atoms with Gasteiger partial charge in [-0.3, -0.25) is 0 Å². The summed E-state index contributed by atoms with van der Waals surface area (Å²) in [5.74, 6) is 0. The lowest BCUT2D eigenvalue weighted by molar-refractivity contribution is 0.726. The minimum atomic E-state index is 0.891. The zero-order valence-electron chi connectivity index (χ0n) is 13.2. The Morgan fingerprint density at radius 3 is 1.73 bits per heavy atom. The van der Waals surface area contributed by atoms with Gasteiger partial charge < -0.3 is 4.90 Å². The van der Waals surface area contributed by atoms with E-state index < -0.39 is 0 Å². The van der Waals surface area contributed by atoms with Crippen LogP contribution in [-0.4, -0.2) is 13.1 Å². The van der Waals surface area contributed by atoms with Crippen molar-refractivity contribution in [2.45, 2.75) is 32.6 Å². The van der Waals surface area contributed by atoms with Crippen molar-refractivity contribution >= 4 is 17.1 Å². The van der Waals surface area contributed by atoms with Crippen molar-refractivity contribution < 1.29 is 0 Å². The van der Waals surface area contributed by atoms with Gasteiger partial charge in [0, 0.05) is 18.8 Å². The summed E-state index contributed by atoms with van der Waals surface area (Å²) in [4.78, 5) is 2.48. The normalized spacial score (nSPS) is 16.0. The number of azo groups is 1. The molecule has 1 aliphatic heterocycles. The molecule has 0 bridgehead atoms. The van der Waals surface area contributed by atoms with Crippen LogP contribution in [0.2, 0.25) is 0 Å². The van der Waals surface area contributed by atoms with Crippen LogP contribution in [0.1, 0.15) is 31.2 Å². The maximum atomic E-state index is 4.32. The SMILES string of the molecule is Cc1ccc(N=Nc2ccc(N3CCCCCC3)cc2)cc1. The van der Waals surface area contributed by atoms with Crippen molar-refractivity contribution in [3.05, 3.63) is 54.1 Å². The smallest absolute Gasteiger partial charge is 0.0858 e. The molecule has 0 aliphatic carbocycles. The van der Waals surface area contributed by atoms with Crippen LogP contribution in [0.4, 0.5) is 17.1 Å². The Bertz CT molecular complexity index is 606. The van der Waals surface area contributed by atoms with Gasteiger partial charge in [-0.05, 0) is 56.2 Å². The summed E-state index contributed by atoms with van der Waals surface area (Å²) in [6.07, 6.45) is 5.32. The Morgan fingerprint density at radius 1 is 0.682 bits per heavy atom. The first-order chi connectivity index (χ1) is 10.8. The zero-order chi connectivity index (χ0) is 15.2. The lowest BCUT2D eigenvalue weighted by Gasteiger charge is -2.22. The molecule has 0 amide bonds. The number of aryl methyl sites for hydroxylation is 1. The molecule has 1 heterocycles. The molecule has 3 heteroatoms. The lowest BCUT2D eigenvalue weighted by Crippen LogP contribution is -2.23. The molecule has 2 aromatic rings. The molecule has 114 valence electrons. The van der Waals surface area contributed by atoms with Gasteiger partial charge in [0.1, 0.15) is 0 Å². The summed E-state index contributed by atoms with van der Waals surface area (Å²) in [5.41, 5.74) is 4.33. The van der Waals surface area contributed by atoms with Crippen LogP contribution in [0.25, 0.3) is 0 Å². The Balaban J connectivity index is 1.67. The highest BCUT2D eigenvalue weighted by molar-refractivity contribution is 5.53. The van der Waals surface area contributed by atoms with Crippen molar-refractivity contribution in [3.63, 3.8) is 0 Å². The van der Waals surface area contributed by atoms with Crippen LogP contribution in [0.15, 0.2) is 58.8 Å². The Labute approximate surface area is 132 Å². The summed E-state index contributed by atoms with van der Waals surface area (Å²) in [7, 11) is 0. The molecule has 2 aromatic carbocycles. The first-order valence-electron chi connectivity index (χ1n) is 8.15. The van der Waals surface area contributed by atoms with E-state index in [4.69, 9.17) is 0 Å². The second-order valence-electron chi connectivity index (χ2n) is 5.95. The first-order valence-corrected chi connectivity index (χ1v) is 8.15. The van der Waals surface area contributed by atoms with Crippen LogP contribution in [-0.2, 0) is 0 Å². The van der Waals surface area contributed by atoms with Gasteiger partial charge in [0.2, 0.25) is 0 Å². The van der Waals surface area contributed by atoms with Crippen molar-refractivity contribution in [2.24, 2.45) is 10.2 Å². The van der Waals surface area contributed by atoms with E-state index >= 15 is 0 Å². The van der Waals surface area contributed by atoms with E-state index in [1.165, 1.54) is 50.0 Å². The molecule has 0 radical (unpaired) electrons. The van der Waals surface area contributed by atoms with Crippen LogP contribution < -0.4 is 4.90 Å². The predicted molar refractivity (Wildman–Crippen MR) is 92.5 cm³/mol. The molecule has 3 nitrogen and oxygen atoms in total. The summed E-state index contributed by atoms with van der Waals surface area (Å²) >= 11 is 0. The largest absolute Gasteiger partial charge is 0.372 e. The molecule has 0 unspecified atom stereocenters. The van der Waals surface area contributed by atoms with Crippen molar-refractivity contribution in [3.8, 4) is 0 Å². The monoisotopic (exact) mass is 293 g/mol. The van der Waals surface area contributed by atoms with Crippen LogP contribution in [0, 0.1) is 6.92 Å². The molecule has 0 saturated carbocycles. The Kier molecular flexibility index (Phi) is 4.84. The van der Waals surface area contributed by atoms with E-state index in [-0.39, 0.29) is 0 Å². The highest BCUT2D eigenvalue weighted by Gasteiger charge is 2.09. The number of rotatable bonds is 3. The zero-order valence-corrected chi connectivity index (χ0v) is 13.2. The van der Waals surface area contributed by atoms with Gasteiger partial charge in [-0.2, -0.15) is 10.2 Å². The van der Waals surface area contributed by atoms with E-state index in [2.05, 4.69) is 58.5 Å². The lowest BCUT2D eigenvalue weighted by atomic mass is 10.2. The third kappa shape index (κ3) is 3.94.